The van der Waals surface area contributed by atoms with Crippen LogP contribution in [0.4, 0.5) is 34.0 Å². The highest BCUT2D eigenvalue weighted by Gasteiger charge is 2.36. The molecule has 3 aromatic rings. The van der Waals surface area contributed by atoms with E-state index in [1.54, 1.807) is 45.6 Å². The Morgan fingerprint density at radius 3 is 2.58 bits per heavy atom. The van der Waals surface area contributed by atoms with E-state index in [0.717, 1.165) is 6.07 Å². The molecule has 1 aromatic carbocycles. The predicted octanol–water partition coefficient (Wildman–Crippen LogP) is 5.63. The highest BCUT2D eigenvalue weighted by atomic mass is 19.3. The standard InChI is InChI=1S/C26H30F4N6O2/c1-13(15-7-6-8-16(22(15)28)23(29)30)32-24-17-9-21(31-10-19(17)33-14(2)34-24)36-11-18(27)20(12-36)35-25(37)38-26(3,4)5/h6-10,13,18,20,23H,11-12H2,1-5H3,(H,35,37)(H,32,33,34)/t13?,18-,20+/m0/s1. The molecule has 0 bridgehead atoms. The fourth-order valence-electron chi connectivity index (χ4n) is 4.32. The van der Waals surface area contributed by atoms with Crippen molar-refractivity contribution in [2.24, 2.45) is 0 Å². The highest BCUT2D eigenvalue weighted by molar-refractivity contribution is 5.90. The van der Waals surface area contributed by atoms with Gasteiger partial charge in [-0.05, 0) is 40.7 Å². The number of hydrogen-bond acceptors (Lipinski definition) is 7. The molecule has 1 saturated heterocycles. The van der Waals surface area contributed by atoms with E-state index in [-0.39, 0.29) is 18.7 Å². The molecule has 1 amide bonds. The van der Waals surface area contributed by atoms with Crippen molar-refractivity contribution in [3.05, 3.63) is 53.2 Å². The smallest absolute Gasteiger partial charge is 0.408 e. The second kappa shape index (κ2) is 10.6. The summed E-state index contributed by atoms with van der Waals surface area (Å²) >= 11 is 0. The molecule has 1 aliphatic rings. The number of hydrogen-bond donors (Lipinski definition) is 2. The van der Waals surface area contributed by atoms with Gasteiger partial charge in [-0.1, -0.05) is 18.2 Å². The number of carbonyl (C=O) groups excluding carboxylic acids is 1. The lowest BCUT2D eigenvalue weighted by Crippen LogP contribution is -2.44. The van der Waals surface area contributed by atoms with Gasteiger partial charge in [0, 0.05) is 17.5 Å². The molecule has 1 fully saturated rings. The summed E-state index contributed by atoms with van der Waals surface area (Å²) in [6.45, 7) is 8.65. The minimum atomic E-state index is -2.94. The number of nitrogens with one attached hydrogen (secondary N) is 2. The minimum absolute atomic E-state index is 0.00349. The van der Waals surface area contributed by atoms with Crippen molar-refractivity contribution in [1.82, 2.24) is 20.3 Å². The summed E-state index contributed by atoms with van der Waals surface area (Å²) in [4.78, 5) is 27.1. The molecule has 8 nitrogen and oxygen atoms in total. The van der Waals surface area contributed by atoms with E-state index >= 15 is 0 Å². The van der Waals surface area contributed by atoms with Crippen LogP contribution in [0.1, 0.15) is 57.1 Å². The lowest BCUT2D eigenvalue weighted by molar-refractivity contribution is 0.0490. The number of rotatable bonds is 6. The number of carbonyl (C=O) groups is 1. The molecular weight excluding hydrogens is 504 g/mol. The normalized spacial score (nSPS) is 18.6. The van der Waals surface area contributed by atoms with Crippen molar-refractivity contribution in [2.75, 3.05) is 23.3 Å². The Kier molecular flexibility index (Phi) is 7.61. The third kappa shape index (κ3) is 6.05. The fourth-order valence-corrected chi connectivity index (χ4v) is 4.32. The van der Waals surface area contributed by atoms with Gasteiger partial charge in [0.15, 0.2) is 0 Å². The van der Waals surface area contributed by atoms with Crippen LogP contribution in [0.2, 0.25) is 0 Å². The lowest BCUT2D eigenvalue weighted by atomic mass is 10.0. The van der Waals surface area contributed by atoms with Gasteiger partial charge in [-0.25, -0.2) is 37.3 Å². The van der Waals surface area contributed by atoms with Crippen LogP contribution >= 0.6 is 0 Å². The van der Waals surface area contributed by atoms with Crippen LogP contribution < -0.4 is 15.5 Å². The van der Waals surface area contributed by atoms with Gasteiger partial charge < -0.3 is 20.3 Å². The highest BCUT2D eigenvalue weighted by Crippen LogP contribution is 2.32. The molecule has 1 aliphatic heterocycles. The maximum absolute atomic E-state index is 14.8. The van der Waals surface area contributed by atoms with Crippen molar-refractivity contribution in [3.63, 3.8) is 0 Å². The van der Waals surface area contributed by atoms with Gasteiger partial charge in [0.25, 0.3) is 6.43 Å². The van der Waals surface area contributed by atoms with Crippen LogP contribution in [0.15, 0.2) is 30.5 Å². The average Bonchev–Trinajstić information content (AvgIpc) is 3.17. The van der Waals surface area contributed by atoms with Crippen molar-refractivity contribution in [2.45, 2.75) is 64.9 Å². The van der Waals surface area contributed by atoms with Crippen molar-refractivity contribution in [1.29, 1.82) is 0 Å². The largest absolute Gasteiger partial charge is 0.444 e. The Bertz CT molecular complexity index is 1330. The van der Waals surface area contributed by atoms with Crippen LogP contribution in [-0.4, -0.2) is 51.9 Å². The summed E-state index contributed by atoms with van der Waals surface area (Å²) in [5.74, 6) is 0.234. The van der Waals surface area contributed by atoms with Crippen LogP contribution in [0.5, 0.6) is 0 Å². The first-order chi connectivity index (χ1) is 17.8. The van der Waals surface area contributed by atoms with Crippen LogP contribution in [0.3, 0.4) is 0 Å². The number of nitrogens with zero attached hydrogens (tertiary/aromatic N) is 4. The van der Waals surface area contributed by atoms with Crippen molar-refractivity contribution < 1.29 is 27.1 Å². The number of benzene rings is 1. The SMILES string of the molecule is Cc1nc(NC(C)c2cccc(C(F)F)c2F)c2cc(N3C[C@H](F)[C@H](NC(=O)OC(C)(C)C)C3)ncc2n1. The summed E-state index contributed by atoms with van der Waals surface area (Å²) in [6, 6.07) is 4.05. The summed E-state index contributed by atoms with van der Waals surface area (Å²) in [7, 11) is 0. The number of anilines is 2. The zero-order chi connectivity index (χ0) is 27.8. The van der Waals surface area contributed by atoms with Crippen LogP contribution in [0.25, 0.3) is 10.9 Å². The first-order valence-corrected chi connectivity index (χ1v) is 12.2. The number of alkyl carbamates (subject to hydrolysis) is 1. The van der Waals surface area contributed by atoms with Gasteiger partial charge in [-0.2, -0.15) is 0 Å². The molecule has 1 unspecified atom stereocenters. The Balaban J connectivity index is 1.58. The molecule has 0 spiro atoms. The lowest BCUT2D eigenvalue weighted by Gasteiger charge is -2.22. The number of aromatic nitrogens is 3. The van der Waals surface area contributed by atoms with Crippen molar-refractivity contribution in [3.8, 4) is 0 Å². The first kappa shape index (κ1) is 27.3. The quantitative estimate of drug-likeness (QED) is 0.396. The average molecular weight is 535 g/mol. The van der Waals surface area contributed by atoms with E-state index in [9.17, 15) is 22.4 Å². The number of halogens is 4. The molecule has 0 radical (unpaired) electrons. The molecule has 204 valence electrons. The molecule has 3 heterocycles. The second-order valence-electron chi connectivity index (χ2n) is 10.3. The molecular formula is C26H30F4N6O2. The topological polar surface area (TPSA) is 92.3 Å². The Morgan fingerprint density at radius 2 is 1.89 bits per heavy atom. The number of ether oxygens (including phenoxy) is 1. The maximum atomic E-state index is 14.8. The first-order valence-electron chi connectivity index (χ1n) is 12.2. The van der Waals surface area contributed by atoms with E-state index in [4.69, 9.17) is 4.74 Å². The Morgan fingerprint density at radius 1 is 1.18 bits per heavy atom. The van der Waals surface area contributed by atoms with E-state index in [1.165, 1.54) is 18.3 Å². The number of alkyl halides is 3. The summed E-state index contributed by atoms with van der Waals surface area (Å²) in [5, 5.41) is 6.21. The summed E-state index contributed by atoms with van der Waals surface area (Å²) < 4.78 is 61.2. The van der Waals surface area contributed by atoms with Gasteiger partial charge >= 0.3 is 6.09 Å². The third-order valence-corrected chi connectivity index (χ3v) is 6.07. The Hall–Kier alpha value is -3.70. The van der Waals surface area contributed by atoms with Gasteiger partial charge in [0.2, 0.25) is 0 Å². The molecule has 2 aromatic heterocycles. The van der Waals surface area contributed by atoms with E-state index in [0.29, 0.717) is 28.4 Å². The third-order valence-electron chi connectivity index (χ3n) is 6.07. The van der Waals surface area contributed by atoms with E-state index in [1.807, 2.05) is 0 Å². The second-order valence-corrected chi connectivity index (χ2v) is 10.3. The number of aryl methyl sites for hydroxylation is 1. The Labute approximate surface area is 217 Å². The molecule has 4 rings (SSSR count). The number of fused-ring (bicyclic) bond motifs is 1. The number of amides is 1. The molecule has 38 heavy (non-hydrogen) atoms. The van der Waals surface area contributed by atoms with Crippen LogP contribution in [0, 0.1) is 12.7 Å². The molecule has 3 atom stereocenters. The number of pyridine rings is 1. The molecule has 2 N–H and O–H groups in total. The zero-order valence-electron chi connectivity index (χ0n) is 21.7. The van der Waals surface area contributed by atoms with Gasteiger partial charge in [-0.15, -0.1) is 0 Å². The molecule has 0 saturated carbocycles. The maximum Gasteiger partial charge on any atom is 0.408 e. The molecule has 0 aliphatic carbocycles. The summed E-state index contributed by atoms with van der Waals surface area (Å²) in [6.07, 6.45) is -3.47. The van der Waals surface area contributed by atoms with Gasteiger partial charge in [-0.3, -0.25) is 0 Å². The zero-order valence-corrected chi connectivity index (χ0v) is 21.7. The van der Waals surface area contributed by atoms with Gasteiger partial charge in [0.05, 0.1) is 35.9 Å². The van der Waals surface area contributed by atoms with Crippen molar-refractivity contribution >= 4 is 28.6 Å². The minimum Gasteiger partial charge on any atom is -0.444 e. The van der Waals surface area contributed by atoms with E-state index < -0.39 is 47.8 Å². The predicted molar refractivity (Wildman–Crippen MR) is 136 cm³/mol. The summed E-state index contributed by atoms with van der Waals surface area (Å²) in [5.41, 5.74) is -0.818. The van der Waals surface area contributed by atoms with Crippen LogP contribution in [-0.2, 0) is 4.74 Å². The fraction of sp³-hybridized carbons (Fsp3) is 0.462. The monoisotopic (exact) mass is 534 g/mol. The van der Waals surface area contributed by atoms with Gasteiger partial charge in [0.1, 0.15) is 35.1 Å². The molecule has 12 heteroatoms. The van der Waals surface area contributed by atoms with E-state index in [2.05, 4.69) is 25.6 Å².